The van der Waals surface area contributed by atoms with Crippen molar-refractivity contribution >= 4 is 50.1 Å². The molecule has 0 spiro atoms. The Hall–Kier alpha value is -2.96. The van der Waals surface area contributed by atoms with Crippen LogP contribution in [-0.2, 0) is 0 Å². The van der Waals surface area contributed by atoms with Crippen LogP contribution in [0.15, 0.2) is 40.4 Å². The zero-order valence-electron chi connectivity index (χ0n) is 17.4. The van der Waals surface area contributed by atoms with E-state index >= 15 is 0 Å². The summed E-state index contributed by atoms with van der Waals surface area (Å²) in [5, 5.41) is 19.7. The normalized spacial score (nSPS) is 14.3. The summed E-state index contributed by atoms with van der Waals surface area (Å²) in [5.41, 5.74) is 1.48. The van der Waals surface area contributed by atoms with Gasteiger partial charge in [0.1, 0.15) is 0 Å². The number of carbonyl (C=O) groups excluding carboxylic acids is 1. The molecular formula is C20H22N8O2S2. The maximum atomic E-state index is 12.2. The largest absolute Gasteiger partial charge is 0.480 e. The molecular weight excluding hydrogens is 448 g/mol. The Kier molecular flexibility index (Phi) is 6.06. The fourth-order valence-corrected chi connectivity index (χ4v) is 5.33. The van der Waals surface area contributed by atoms with Crippen LogP contribution in [-0.4, -0.2) is 69.0 Å². The molecule has 1 saturated heterocycles. The highest BCUT2D eigenvalue weighted by atomic mass is 32.2. The first kappa shape index (κ1) is 20.9. The lowest BCUT2D eigenvalue weighted by Crippen LogP contribution is -2.35. The number of amides is 2. The van der Waals surface area contributed by atoms with Crippen LogP contribution >= 0.6 is 23.1 Å². The van der Waals surface area contributed by atoms with Crippen molar-refractivity contribution in [3.63, 3.8) is 0 Å². The molecule has 4 heterocycles. The summed E-state index contributed by atoms with van der Waals surface area (Å²) in [5.74, 6) is 0.492. The van der Waals surface area contributed by atoms with E-state index in [-0.39, 0.29) is 6.03 Å². The number of methoxy groups -OCH3 is 1. The van der Waals surface area contributed by atoms with Crippen LogP contribution in [0.2, 0.25) is 0 Å². The Morgan fingerprint density at radius 2 is 2.09 bits per heavy atom. The Bertz CT molecular complexity index is 1250. The van der Waals surface area contributed by atoms with E-state index in [0.29, 0.717) is 28.4 Å². The molecule has 0 unspecified atom stereocenters. The second-order valence-corrected chi connectivity index (χ2v) is 9.38. The first-order chi connectivity index (χ1) is 15.7. The number of hydrogen-bond donors (Lipinski definition) is 2. The number of nitrogens with zero attached hydrogens (tertiary/aromatic N) is 6. The number of anilines is 1. The molecule has 3 aromatic heterocycles. The van der Waals surface area contributed by atoms with E-state index in [2.05, 4.69) is 35.8 Å². The summed E-state index contributed by atoms with van der Waals surface area (Å²) in [6.07, 6.45) is 2.49. The molecule has 0 atom stereocenters. The molecule has 0 radical (unpaired) electrons. The molecule has 0 bridgehead atoms. The molecule has 0 saturated carbocycles. The van der Waals surface area contributed by atoms with Gasteiger partial charge in [0.05, 0.1) is 17.3 Å². The van der Waals surface area contributed by atoms with Gasteiger partial charge in [-0.2, -0.15) is 4.52 Å². The fourth-order valence-electron chi connectivity index (χ4n) is 3.53. The van der Waals surface area contributed by atoms with Crippen molar-refractivity contribution in [1.82, 2.24) is 35.0 Å². The third-order valence-electron chi connectivity index (χ3n) is 5.12. The fraction of sp³-hybridized carbons (Fsp3) is 0.350. The molecule has 2 amide bonds. The van der Waals surface area contributed by atoms with Gasteiger partial charge in [-0.3, -0.25) is 5.32 Å². The zero-order chi connectivity index (χ0) is 21.9. The second kappa shape index (κ2) is 9.27. The number of hydrogen-bond acceptors (Lipinski definition) is 9. The van der Waals surface area contributed by atoms with E-state index in [4.69, 9.17) is 4.74 Å². The first-order valence-corrected chi connectivity index (χ1v) is 11.9. The molecule has 10 nitrogen and oxygen atoms in total. The van der Waals surface area contributed by atoms with Gasteiger partial charge in [-0.05, 0) is 62.0 Å². The highest BCUT2D eigenvalue weighted by molar-refractivity contribution is 7.99. The van der Waals surface area contributed by atoms with Gasteiger partial charge in [0, 0.05) is 24.1 Å². The molecule has 1 aromatic carbocycles. The smallest absolute Gasteiger partial charge is 0.321 e. The second-order valence-electron chi connectivity index (χ2n) is 7.31. The summed E-state index contributed by atoms with van der Waals surface area (Å²) in [4.78, 5) is 20.1. The Balaban J connectivity index is 1.24. The van der Waals surface area contributed by atoms with E-state index in [1.165, 1.54) is 35.9 Å². The van der Waals surface area contributed by atoms with Crippen LogP contribution in [0.5, 0.6) is 5.88 Å². The number of urea groups is 1. The van der Waals surface area contributed by atoms with E-state index in [1.54, 1.807) is 17.7 Å². The molecule has 166 valence electrons. The quantitative estimate of drug-likeness (QED) is 0.424. The van der Waals surface area contributed by atoms with Crippen LogP contribution in [0.3, 0.4) is 0 Å². The lowest BCUT2D eigenvalue weighted by Gasteiger charge is -2.14. The number of ether oxygens (including phenoxy) is 1. The van der Waals surface area contributed by atoms with Gasteiger partial charge in [0.2, 0.25) is 11.0 Å². The van der Waals surface area contributed by atoms with E-state index in [9.17, 15) is 4.79 Å². The van der Waals surface area contributed by atoms with Crippen LogP contribution in [0.4, 0.5) is 9.93 Å². The van der Waals surface area contributed by atoms with Gasteiger partial charge in [-0.25, -0.2) is 9.78 Å². The summed E-state index contributed by atoms with van der Waals surface area (Å²) in [7, 11) is 1.57. The number of fused-ring (bicyclic) bond motifs is 2. The van der Waals surface area contributed by atoms with E-state index in [0.717, 1.165) is 34.7 Å². The number of aromatic nitrogens is 5. The summed E-state index contributed by atoms with van der Waals surface area (Å²) >= 11 is 2.89. The molecule has 12 heteroatoms. The van der Waals surface area contributed by atoms with E-state index < -0.39 is 0 Å². The predicted molar refractivity (Wildman–Crippen MR) is 124 cm³/mol. The maximum Gasteiger partial charge on any atom is 0.321 e. The van der Waals surface area contributed by atoms with Crippen molar-refractivity contribution in [2.45, 2.75) is 22.9 Å². The Morgan fingerprint density at radius 3 is 2.94 bits per heavy atom. The minimum Gasteiger partial charge on any atom is -0.480 e. The van der Waals surface area contributed by atoms with Crippen molar-refractivity contribution in [1.29, 1.82) is 0 Å². The summed E-state index contributed by atoms with van der Waals surface area (Å²) in [6, 6.07) is 9.25. The number of thiazole rings is 1. The molecule has 1 aliphatic rings. The molecule has 32 heavy (non-hydrogen) atoms. The number of likely N-dealkylation sites (tertiary alicyclic amines) is 1. The summed E-state index contributed by atoms with van der Waals surface area (Å²) < 4.78 is 7.82. The molecule has 2 N–H and O–H groups in total. The number of rotatable bonds is 7. The lowest BCUT2D eigenvalue weighted by molar-refractivity contribution is 0.249. The topological polar surface area (TPSA) is 110 Å². The van der Waals surface area contributed by atoms with Crippen molar-refractivity contribution < 1.29 is 9.53 Å². The van der Waals surface area contributed by atoms with Gasteiger partial charge in [0.15, 0.2) is 10.8 Å². The molecule has 1 fully saturated rings. The van der Waals surface area contributed by atoms with Gasteiger partial charge >= 0.3 is 6.03 Å². The maximum absolute atomic E-state index is 12.2. The zero-order valence-corrected chi connectivity index (χ0v) is 19.1. The first-order valence-electron chi connectivity index (χ1n) is 10.3. The average Bonchev–Trinajstić information content (AvgIpc) is 3.53. The number of nitrogens with one attached hydrogen (secondary N) is 2. The van der Waals surface area contributed by atoms with Crippen molar-refractivity contribution in [3.05, 3.63) is 30.3 Å². The third-order valence-corrected chi connectivity index (χ3v) is 6.98. The standard InChI is InChI=1S/C20H22N8O2S2/c1-30-17-7-6-16-24-25-20(28(16)26-17)31-13-4-5-14-15(12-13)32-19(22-14)23-18(29)21-8-11-27-9-2-3-10-27/h4-7,12H,2-3,8-11H2,1H3,(H2,21,22,23,29). The van der Waals surface area contributed by atoms with Crippen molar-refractivity contribution in [3.8, 4) is 5.88 Å². The predicted octanol–water partition coefficient (Wildman–Crippen LogP) is 3.11. The number of benzene rings is 1. The Morgan fingerprint density at radius 1 is 1.22 bits per heavy atom. The minimum atomic E-state index is -0.229. The van der Waals surface area contributed by atoms with Crippen LogP contribution in [0.25, 0.3) is 15.9 Å². The van der Waals surface area contributed by atoms with Crippen LogP contribution in [0, 0.1) is 0 Å². The van der Waals surface area contributed by atoms with Gasteiger partial charge < -0.3 is 15.0 Å². The number of carbonyl (C=O) groups is 1. The van der Waals surface area contributed by atoms with Crippen molar-refractivity contribution in [2.24, 2.45) is 0 Å². The minimum absolute atomic E-state index is 0.229. The molecule has 0 aliphatic carbocycles. The highest BCUT2D eigenvalue weighted by Gasteiger charge is 2.14. The van der Waals surface area contributed by atoms with Crippen LogP contribution < -0.4 is 15.4 Å². The lowest BCUT2D eigenvalue weighted by atomic mass is 10.3. The monoisotopic (exact) mass is 470 g/mol. The molecule has 1 aliphatic heterocycles. The summed E-state index contributed by atoms with van der Waals surface area (Å²) in [6.45, 7) is 3.75. The highest BCUT2D eigenvalue weighted by Crippen LogP contribution is 2.33. The molecule has 5 rings (SSSR count). The van der Waals surface area contributed by atoms with Crippen LogP contribution in [0.1, 0.15) is 12.8 Å². The SMILES string of the molecule is COc1ccc2nnc(Sc3ccc4nc(NC(=O)NCCN5CCCC5)sc4c3)n2n1. The van der Waals surface area contributed by atoms with Crippen molar-refractivity contribution in [2.75, 3.05) is 38.6 Å². The Labute approximate surface area is 192 Å². The third kappa shape index (κ3) is 4.61. The van der Waals surface area contributed by atoms with Gasteiger partial charge in [-0.1, -0.05) is 11.3 Å². The average molecular weight is 471 g/mol. The van der Waals surface area contributed by atoms with E-state index in [1.807, 2.05) is 24.3 Å². The van der Waals surface area contributed by atoms with Gasteiger partial charge in [-0.15, -0.1) is 15.3 Å². The van der Waals surface area contributed by atoms with Gasteiger partial charge in [0.25, 0.3) is 0 Å². The molecule has 4 aromatic rings.